The van der Waals surface area contributed by atoms with Crippen LogP contribution in [0.2, 0.25) is 0 Å². The lowest BCUT2D eigenvalue weighted by Gasteiger charge is -2.19. The van der Waals surface area contributed by atoms with Crippen molar-refractivity contribution in [3.63, 3.8) is 0 Å². The first-order chi connectivity index (χ1) is 15.2. The number of esters is 1. The molecule has 0 saturated heterocycles. The van der Waals surface area contributed by atoms with Crippen LogP contribution in [0.15, 0.2) is 0 Å². The lowest BCUT2D eigenvalue weighted by Crippen LogP contribution is -2.20. The number of rotatable bonds is 24. The molecule has 0 aromatic heterocycles. The molecule has 2 heteroatoms. The van der Waals surface area contributed by atoms with E-state index in [2.05, 4.69) is 27.7 Å². The van der Waals surface area contributed by atoms with Gasteiger partial charge in [0.1, 0.15) is 0 Å². The first-order valence-corrected chi connectivity index (χ1v) is 14.3. The van der Waals surface area contributed by atoms with Gasteiger partial charge in [0.25, 0.3) is 0 Å². The van der Waals surface area contributed by atoms with Gasteiger partial charge in [-0.2, -0.15) is 0 Å². The first kappa shape index (κ1) is 30.5. The number of hydrogen-bond donors (Lipinski definition) is 0. The minimum Gasteiger partial charge on any atom is -0.465 e. The zero-order valence-corrected chi connectivity index (χ0v) is 22.0. The Labute approximate surface area is 196 Å². The van der Waals surface area contributed by atoms with E-state index in [1.165, 1.54) is 122 Å². The average molecular weight is 439 g/mol. The smallest absolute Gasteiger partial charge is 0.308 e. The van der Waals surface area contributed by atoms with Gasteiger partial charge in [-0.25, -0.2) is 0 Å². The number of carbonyl (C=O) groups is 1. The highest BCUT2D eigenvalue weighted by Crippen LogP contribution is 2.21. The Balaban J connectivity index is 4.10. The molecule has 2 atom stereocenters. The predicted octanol–water partition coefficient (Wildman–Crippen LogP) is 10.0. The molecule has 0 amide bonds. The second-order valence-electron chi connectivity index (χ2n) is 10.1. The van der Waals surface area contributed by atoms with Crippen LogP contribution in [-0.4, -0.2) is 12.6 Å². The zero-order valence-electron chi connectivity index (χ0n) is 22.0. The molecule has 0 aliphatic carbocycles. The molecule has 0 spiro atoms. The largest absolute Gasteiger partial charge is 0.465 e. The van der Waals surface area contributed by atoms with Crippen molar-refractivity contribution in [3.8, 4) is 0 Å². The standard InChI is InChI=1S/C29H58O2/c1-5-8-11-14-15-16-19-22-25-28(24-21-18-13-10-7-3)26-31-29(30)27(4)23-20-17-12-9-6-2/h27-28H,5-26H2,1-4H3. The van der Waals surface area contributed by atoms with Gasteiger partial charge >= 0.3 is 5.97 Å². The van der Waals surface area contributed by atoms with Crippen molar-refractivity contribution in [1.82, 2.24) is 0 Å². The van der Waals surface area contributed by atoms with Crippen molar-refractivity contribution in [2.24, 2.45) is 11.8 Å². The fourth-order valence-electron chi connectivity index (χ4n) is 4.43. The summed E-state index contributed by atoms with van der Waals surface area (Å²) in [5, 5.41) is 0. The second kappa shape index (κ2) is 24.1. The van der Waals surface area contributed by atoms with Crippen LogP contribution in [0.1, 0.15) is 163 Å². The monoisotopic (exact) mass is 438 g/mol. The van der Waals surface area contributed by atoms with E-state index in [-0.39, 0.29) is 11.9 Å². The molecule has 0 saturated carbocycles. The summed E-state index contributed by atoms with van der Waals surface area (Å²) in [4.78, 5) is 12.5. The fraction of sp³-hybridized carbons (Fsp3) is 0.966. The molecule has 0 aromatic carbocycles. The summed E-state index contributed by atoms with van der Waals surface area (Å²) >= 11 is 0. The maximum absolute atomic E-state index is 12.5. The van der Waals surface area contributed by atoms with E-state index < -0.39 is 0 Å². The molecule has 2 nitrogen and oxygen atoms in total. The Bertz CT molecular complexity index is 366. The minimum absolute atomic E-state index is 0.0439. The lowest BCUT2D eigenvalue weighted by atomic mass is 9.94. The van der Waals surface area contributed by atoms with E-state index in [1.54, 1.807) is 0 Å². The Hall–Kier alpha value is -0.530. The van der Waals surface area contributed by atoms with Gasteiger partial charge in [0.15, 0.2) is 0 Å². The second-order valence-corrected chi connectivity index (χ2v) is 10.1. The van der Waals surface area contributed by atoms with Crippen molar-refractivity contribution < 1.29 is 9.53 Å². The Kier molecular flexibility index (Phi) is 23.7. The van der Waals surface area contributed by atoms with Crippen LogP contribution in [0.5, 0.6) is 0 Å². The predicted molar refractivity (Wildman–Crippen MR) is 138 cm³/mol. The van der Waals surface area contributed by atoms with E-state index in [1.807, 2.05) is 0 Å². The Morgan fingerprint density at radius 2 is 0.903 bits per heavy atom. The van der Waals surface area contributed by atoms with Crippen molar-refractivity contribution in [1.29, 1.82) is 0 Å². The molecule has 0 aromatic rings. The molecule has 0 rings (SSSR count). The summed E-state index contributed by atoms with van der Waals surface area (Å²) < 4.78 is 5.81. The normalized spacial score (nSPS) is 13.3. The Morgan fingerprint density at radius 3 is 1.32 bits per heavy atom. The van der Waals surface area contributed by atoms with Gasteiger partial charge in [-0.3, -0.25) is 4.79 Å². The zero-order chi connectivity index (χ0) is 23.0. The van der Waals surface area contributed by atoms with E-state index in [9.17, 15) is 4.79 Å². The quantitative estimate of drug-likeness (QED) is 0.111. The third kappa shape index (κ3) is 21.1. The van der Waals surface area contributed by atoms with E-state index in [0.717, 1.165) is 12.8 Å². The van der Waals surface area contributed by atoms with Gasteiger partial charge in [-0.15, -0.1) is 0 Å². The lowest BCUT2D eigenvalue weighted by molar-refractivity contribution is -0.149. The van der Waals surface area contributed by atoms with Gasteiger partial charge in [0, 0.05) is 0 Å². The number of carbonyl (C=O) groups excluding carboxylic acids is 1. The summed E-state index contributed by atoms with van der Waals surface area (Å²) in [5.74, 6) is 0.680. The van der Waals surface area contributed by atoms with E-state index in [0.29, 0.717) is 12.5 Å². The molecule has 31 heavy (non-hydrogen) atoms. The van der Waals surface area contributed by atoms with Gasteiger partial charge in [-0.1, -0.05) is 143 Å². The highest BCUT2D eigenvalue weighted by molar-refractivity contribution is 5.71. The van der Waals surface area contributed by atoms with Crippen molar-refractivity contribution in [2.45, 2.75) is 163 Å². The van der Waals surface area contributed by atoms with Gasteiger partial charge < -0.3 is 4.74 Å². The van der Waals surface area contributed by atoms with E-state index in [4.69, 9.17) is 4.74 Å². The Morgan fingerprint density at radius 1 is 0.548 bits per heavy atom. The molecular weight excluding hydrogens is 380 g/mol. The minimum atomic E-state index is 0.0439. The third-order valence-corrected chi connectivity index (χ3v) is 6.79. The van der Waals surface area contributed by atoms with Crippen molar-refractivity contribution in [3.05, 3.63) is 0 Å². The molecule has 0 aliphatic rings. The first-order valence-electron chi connectivity index (χ1n) is 14.3. The third-order valence-electron chi connectivity index (χ3n) is 6.79. The van der Waals surface area contributed by atoms with Crippen molar-refractivity contribution >= 4 is 5.97 Å². The number of unbranched alkanes of at least 4 members (excludes halogenated alkanes) is 15. The summed E-state index contributed by atoms with van der Waals surface area (Å²) in [6.07, 6.45) is 27.4. The average Bonchev–Trinajstić information content (AvgIpc) is 2.77. The molecule has 0 radical (unpaired) electrons. The highest BCUT2D eigenvalue weighted by Gasteiger charge is 2.17. The van der Waals surface area contributed by atoms with Crippen LogP contribution in [0.3, 0.4) is 0 Å². The van der Waals surface area contributed by atoms with Crippen LogP contribution >= 0.6 is 0 Å². The molecule has 0 fully saturated rings. The van der Waals surface area contributed by atoms with Gasteiger partial charge in [0.2, 0.25) is 0 Å². The maximum Gasteiger partial charge on any atom is 0.308 e. The molecule has 186 valence electrons. The maximum atomic E-state index is 12.5. The van der Waals surface area contributed by atoms with Crippen LogP contribution in [0.4, 0.5) is 0 Å². The molecule has 0 aliphatic heterocycles. The number of hydrogen-bond acceptors (Lipinski definition) is 2. The molecule has 0 bridgehead atoms. The van der Waals surface area contributed by atoms with Gasteiger partial charge in [0.05, 0.1) is 12.5 Å². The fourth-order valence-corrected chi connectivity index (χ4v) is 4.43. The van der Waals surface area contributed by atoms with Crippen LogP contribution in [0.25, 0.3) is 0 Å². The van der Waals surface area contributed by atoms with E-state index >= 15 is 0 Å². The SMILES string of the molecule is CCCCCCCCCCC(CCCCCCC)COC(=O)C(C)CCCCCCC. The molecule has 0 heterocycles. The molecular formula is C29H58O2. The van der Waals surface area contributed by atoms with Gasteiger partial charge in [-0.05, 0) is 25.2 Å². The topological polar surface area (TPSA) is 26.3 Å². The summed E-state index contributed by atoms with van der Waals surface area (Å²) in [5.41, 5.74) is 0. The number of ether oxygens (including phenoxy) is 1. The highest BCUT2D eigenvalue weighted by atomic mass is 16.5. The van der Waals surface area contributed by atoms with Crippen LogP contribution < -0.4 is 0 Å². The summed E-state index contributed by atoms with van der Waals surface area (Å²) in [6, 6.07) is 0. The summed E-state index contributed by atoms with van der Waals surface area (Å²) in [6.45, 7) is 9.51. The van der Waals surface area contributed by atoms with Crippen molar-refractivity contribution in [2.75, 3.05) is 6.61 Å². The summed E-state index contributed by atoms with van der Waals surface area (Å²) in [7, 11) is 0. The van der Waals surface area contributed by atoms with Crippen LogP contribution in [-0.2, 0) is 9.53 Å². The molecule has 2 unspecified atom stereocenters. The molecule has 0 N–H and O–H groups in total. The van der Waals surface area contributed by atoms with Crippen LogP contribution in [0, 0.1) is 11.8 Å².